The molecule has 0 aromatic carbocycles. The second kappa shape index (κ2) is 5.50. The molecule has 2 N–H and O–H groups in total. The van der Waals surface area contributed by atoms with E-state index >= 15 is 0 Å². The first-order valence-electron chi connectivity index (χ1n) is 5.02. The Kier molecular flexibility index (Phi) is 4.30. The van der Waals surface area contributed by atoms with Crippen LogP contribution in [0.25, 0.3) is 0 Å². The number of nitrogens with one attached hydrogen (secondary N) is 1. The lowest BCUT2D eigenvalue weighted by Gasteiger charge is -2.04. The minimum Gasteiger partial charge on any atom is -0.395 e. The summed E-state index contributed by atoms with van der Waals surface area (Å²) in [5.74, 6) is -0.0587. The van der Waals surface area contributed by atoms with Gasteiger partial charge in [-0.3, -0.25) is 9.48 Å². The molecule has 0 saturated carbocycles. The molecule has 0 aliphatic rings. The predicted molar refractivity (Wildman–Crippen MR) is 56.4 cm³/mol. The predicted octanol–water partition coefficient (Wildman–Crippen LogP) is -0.00146. The molecule has 1 heterocycles. The number of aliphatic hydroxyl groups is 1. The Bertz CT molecular complexity index is 333. The minimum absolute atomic E-state index is 0.0222. The van der Waals surface area contributed by atoms with Gasteiger partial charge in [-0.25, -0.2) is 0 Å². The second-order valence-electron chi connectivity index (χ2n) is 3.47. The van der Waals surface area contributed by atoms with Gasteiger partial charge in [-0.05, 0) is 19.9 Å². The molecule has 1 amide bonds. The molecule has 5 nitrogen and oxygen atoms in total. The lowest BCUT2D eigenvalue weighted by molar-refractivity contribution is -0.121. The normalized spacial score (nSPS) is 10.3. The Morgan fingerprint density at radius 1 is 1.60 bits per heavy atom. The van der Waals surface area contributed by atoms with E-state index in [4.69, 9.17) is 5.11 Å². The number of aromatic nitrogens is 2. The van der Waals surface area contributed by atoms with Gasteiger partial charge >= 0.3 is 0 Å². The monoisotopic (exact) mass is 211 g/mol. The first-order chi connectivity index (χ1) is 7.13. The Morgan fingerprint density at radius 3 is 2.87 bits per heavy atom. The Labute approximate surface area is 89.1 Å². The Morgan fingerprint density at radius 2 is 2.33 bits per heavy atom. The van der Waals surface area contributed by atoms with Crippen molar-refractivity contribution in [3.63, 3.8) is 0 Å². The maximum atomic E-state index is 11.2. The second-order valence-corrected chi connectivity index (χ2v) is 3.47. The van der Waals surface area contributed by atoms with Gasteiger partial charge in [-0.15, -0.1) is 0 Å². The maximum Gasteiger partial charge on any atom is 0.221 e. The van der Waals surface area contributed by atoms with E-state index in [1.807, 2.05) is 24.6 Å². The van der Waals surface area contributed by atoms with Crippen molar-refractivity contribution in [3.8, 4) is 0 Å². The van der Waals surface area contributed by atoms with Crippen LogP contribution < -0.4 is 5.32 Å². The molecule has 1 aromatic rings. The van der Waals surface area contributed by atoms with Crippen LogP contribution in [0.3, 0.4) is 0 Å². The van der Waals surface area contributed by atoms with Crippen LogP contribution in [0.1, 0.15) is 17.8 Å². The summed E-state index contributed by atoms with van der Waals surface area (Å²) in [6, 6.07) is 1.98. The zero-order chi connectivity index (χ0) is 11.3. The maximum absolute atomic E-state index is 11.2. The molecule has 0 unspecified atom stereocenters. The summed E-state index contributed by atoms with van der Waals surface area (Å²) in [5, 5.41) is 15.4. The van der Waals surface area contributed by atoms with Crippen LogP contribution in [0.15, 0.2) is 6.07 Å². The van der Waals surface area contributed by atoms with Gasteiger partial charge in [0, 0.05) is 25.2 Å². The van der Waals surface area contributed by atoms with Gasteiger partial charge in [-0.2, -0.15) is 5.10 Å². The standard InChI is InChI=1S/C10H17N3O2/c1-8-7-9(2)13(12-8)5-3-10(15)11-4-6-14/h7,14H,3-6H2,1-2H3,(H,11,15). The van der Waals surface area contributed by atoms with Crippen molar-refractivity contribution in [2.45, 2.75) is 26.8 Å². The van der Waals surface area contributed by atoms with Crippen LogP contribution in [-0.2, 0) is 11.3 Å². The van der Waals surface area contributed by atoms with E-state index in [1.165, 1.54) is 0 Å². The lowest BCUT2D eigenvalue weighted by Crippen LogP contribution is -2.27. The molecule has 0 spiro atoms. The van der Waals surface area contributed by atoms with Crippen molar-refractivity contribution in [3.05, 3.63) is 17.5 Å². The summed E-state index contributed by atoms with van der Waals surface area (Å²) in [6.45, 7) is 4.76. The largest absolute Gasteiger partial charge is 0.395 e. The van der Waals surface area contributed by atoms with Gasteiger partial charge in [0.15, 0.2) is 0 Å². The van der Waals surface area contributed by atoms with Crippen LogP contribution >= 0.6 is 0 Å². The topological polar surface area (TPSA) is 67.2 Å². The fourth-order valence-corrected chi connectivity index (χ4v) is 1.39. The van der Waals surface area contributed by atoms with E-state index in [0.29, 0.717) is 19.5 Å². The molecule has 0 fully saturated rings. The molecular formula is C10H17N3O2. The van der Waals surface area contributed by atoms with Gasteiger partial charge in [0.25, 0.3) is 0 Å². The summed E-state index contributed by atoms with van der Waals surface area (Å²) in [7, 11) is 0. The third kappa shape index (κ3) is 3.71. The van der Waals surface area contributed by atoms with Crippen LogP contribution in [-0.4, -0.2) is 33.9 Å². The summed E-state index contributed by atoms with van der Waals surface area (Å²) in [6.07, 6.45) is 0.391. The highest BCUT2D eigenvalue weighted by atomic mass is 16.3. The molecule has 1 rings (SSSR count). The zero-order valence-electron chi connectivity index (χ0n) is 9.16. The molecule has 0 saturated heterocycles. The SMILES string of the molecule is Cc1cc(C)n(CCC(=O)NCCO)n1. The van der Waals surface area contributed by atoms with Crippen LogP contribution in [0.4, 0.5) is 0 Å². The molecule has 0 atom stereocenters. The average Bonchev–Trinajstić information content (AvgIpc) is 2.51. The lowest BCUT2D eigenvalue weighted by atomic mass is 10.3. The highest BCUT2D eigenvalue weighted by molar-refractivity contribution is 5.75. The van der Waals surface area contributed by atoms with E-state index in [9.17, 15) is 4.79 Å². The van der Waals surface area contributed by atoms with Crippen LogP contribution in [0, 0.1) is 13.8 Å². The molecule has 15 heavy (non-hydrogen) atoms. The van der Waals surface area contributed by atoms with Crippen LogP contribution in [0.2, 0.25) is 0 Å². The van der Waals surface area contributed by atoms with Crippen molar-refractivity contribution in [2.24, 2.45) is 0 Å². The number of hydrogen-bond acceptors (Lipinski definition) is 3. The molecule has 0 aliphatic carbocycles. The number of nitrogens with zero attached hydrogens (tertiary/aromatic N) is 2. The molecule has 0 bridgehead atoms. The van der Waals surface area contributed by atoms with E-state index in [2.05, 4.69) is 10.4 Å². The van der Waals surface area contributed by atoms with Crippen molar-refractivity contribution in [2.75, 3.05) is 13.2 Å². The van der Waals surface area contributed by atoms with Gasteiger partial charge in [-0.1, -0.05) is 0 Å². The molecule has 1 aromatic heterocycles. The zero-order valence-corrected chi connectivity index (χ0v) is 9.16. The van der Waals surface area contributed by atoms with E-state index in [0.717, 1.165) is 11.4 Å². The molecule has 84 valence electrons. The molecule has 0 aliphatic heterocycles. The highest BCUT2D eigenvalue weighted by Gasteiger charge is 2.04. The molecule has 0 radical (unpaired) electrons. The average molecular weight is 211 g/mol. The Hall–Kier alpha value is -1.36. The van der Waals surface area contributed by atoms with Gasteiger partial charge in [0.05, 0.1) is 12.3 Å². The van der Waals surface area contributed by atoms with E-state index in [1.54, 1.807) is 0 Å². The fourth-order valence-electron chi connectivity index (χ4n) is 1.39. The summed E-state index contributed by atoms with van der Waals surface area (Å²) >= 11 is 0. The Balaban J connectivity index is 2.36. The van der Waals surface area contributed by atoms with E-state index in [-0.39, 0.29) is 12.5 Å². The number of hydrogen-bond donors (Lipinski definition) is 2. The van der Waals surface area contributed by atoms with Crippen molar-refractivity contribution < 1.29 is 9.90 Å². The van der Waals surface area contributed by atoms with Crippen molar-refractivity contribution >= 4 is 5.91 Å². The first kappa shape index (κ1) is 11.7. The third-order valence-corrected chi connectivity index (χ3v) is 2.09. The van der Waals surface area contributed by atoms with Gasteiger partial charge in [0.2, 0.25) is 5.91 Å². The highest BCUT2D eigenvalue weighted by Crippen LogP contribution is 2.02. The number of aliphatic hydroxyl groups excluding tert-OH is 1. The van der Waals surface area contributed by atoms with Crippen molar-refractivity contribution in [1.82, 2.24) is 15.1 Å². The van der Waals surface area contributed by atoms with Crippen LogP contribution in [0.5, 0.6) is 0 Å². The summed E-state index contributed by atoms with van der Waals surface area (Å²) in [4.78, 5) is 11.2. The van der Waals surface area contributed by atoms with Crippen molar-refractivity contribution in [1.29, 1.82) is 0 Å². The minimum atomic E-state index is -0.0587. The third-order valence-electron chi connectivity index (χ3n) is 2.09. The molecule has 5 heteroatoms. The first-order valence-corrected chi connectivity index (χ1v) is 5.02. The fraction of sp³-hybridized carbons (Fsp3) is 0.600. The quantitative estimate of drug-likeness (QED) is 0.720. The summed E-state index contributed by atoms with van der Waals surface area (Å²) in [5.41, 5.74) is 2.02. The number of amides is 1. The number of rotatable bonds is 5. The number of aryl methyl sites for hydroxylation is 3. The van der Waals surface area contributed by atoms with Gasteiger partial charge < -0.3 is 10.4 Å². The number of carbonyl (C=O) groups excluding carboxylic acids is 1. The summed E-state index contributed by atoms with van der Waals surface area (Å²) < 4.78 is 1.81. The van der Waals surface area contributed by atoms with E-state index < -0.39 is 0 Å². The molecular weight excluding hydrogens is 194 g/mol. The van der Waals surface area contributed by atoms with Gasteiger partial charge in [0.1, 0.15) is 0 Å². The number of carbonyl (C=O) groups is 1. The smallest absolute Gasteiger partial charge is 0.221 e.